The van der Waals surface area contributed by atoms with Gasteiger partial charge in [-0.2, -0.15) is 4.31 Å². The normalized spacial score (nSPS) is 15.7. The number of carbonyl (C=O) groups excluding carboxylic acids is 1. The molecule has 7 nitrogen and oxygen atoms in total. The summed E-state index contributed by atoms with van der Waals surface area (Å²) in [5.41, 5.74) is 0.835. The number of hydrogen-bond acceptors (Lipinski definition) is 5. The molecule has 3 aromatic rings. The van der Waals surface area contributed by atoms with Gasteiger partial charge in [-0.15, -0.1) is 0 Å². The molecule has 2 heterocycles. The summed E-state index contributed by atoms with van der Waals surface area (Å²) >= 11 is 7.24. The molecule has 0 spiro atoms. The number of piperazine rings is 1. The molecular formula is C18H17ClN4O3S2. The van der Waals surface area contributed by atoms with E-state index in [4.69, 9.17) is 11.6 Å². The van der Waals surface area contributed by atoms with E-state index in [1.807, 2.05) is 24.3 Å². The van der Waals surface area contributed by atoms with Gasteiger partial charge in [0.05, 0.1) is 15.1 Å². The van der Waals surface area contributed by atoms with Crippen molar-refractivity contribution < 1.29 is 13.2 Å². The topological polar surface area (TPSA) is 82.6 Å². The highest BCUT2D eigenvalue weighted by molar-refractivity contribution is 7.89. The van der Waals surface area contributed by atoms with Gasteiger partial charge >= 0.3 is 6.03 Å². The summed E-state index contributed by atoms with van der Waals surface area (Å²) in [6.45, 7) is 1.09. The standard InChI is InChI=1S/C18H17ClN4O3S2/c19-13-5-7-14(8-6-13)28(25,26)23-11-9-22(10-12-23)18(24)21-17-20-15-3-1-2-4-16(15)27-17/h1-8H,9-12H2,(H,20,21,24). The number of sulfonamides is 1. The van der Waals surface area contributed by atoms with Crippen LogP contribution in [0.2, 0.25) is 5.02 Å². The maximum atomic E-state index is 12.7. The van der Waals surface area contributed by atoms with E-state index in [1.54, 1.807) is 17.0 Å². The number of halogens is 1. The SMILES string of the molecule is O=C(Nc1nc2ccccc2s1)N1CCN(S(=O)(=O)c2ccc(Cl)cc2)CC1. The summed E-state index contributed by atoms with van der Waals surface area (Å²) in [6.07, 6.45) is 0. The van der Waals surface area contributed by atoms with E-state index < -0.39 is 10.0 Å². The van der Waals surface area contributed by atoms with Crippen LogP contribution < -0.4 is 5.32 Å². The third-order valence-electron chi connectivity index (χ3n) is 4.49. The Labute approximate surface area is 171 Å². The predicted molar refractivity (Wildman–Crippen MR) is 110 cm³/mol. The number of hydrogen-bond donors (Lipinski definition) is 1. The highest BCUT2D eigenvalue weighted by Crippen LogP contribution is 2.26. The van der Waals surface area contributed by atoms with E-state index in [0.29, 0.717) is 23.2 Å². The Kier molecular flexibility index (Phi) is 5.24. The number of nitrogens with zero attached hydrogens (tertiary/aromatic N) is 3. The Morgan fingerprint density at radius 3 is 2.39 bits per heavy atom. The van der Waals surface area contributed by atoms with Crippen LogP contribution in [0.25, 0.3) is 10.2 Å². The lowest BCUT2D eigenvalue weighted by molar-refractivity contribution is 0.184. The molecule has 0 bridgehead atoms. The van der Waals surface area contributed by atoms with Crippen molar-refractivity contribution in [1.82, 2.24) is 14.2 Å². The number of urea groups is 1. The van der Waals surface area contributed by atoms with Crippen LogP contribution in [0.1, 0.15) is 0 Å². The van der Waals surface area contributed by atoms with Crippen LogP contribution in [0.3, 0.4) is 0 Å². The average molecular weight is 437 g/mol. The zero-order chi connectivity index (χ0) is 19.7. The highest BCUT2D eigenvalue weighted by Gasteiger charge is 2.30. The number of amides is 2. The van der Waals surface area contributed by atoms with Crippen LogP contribution in [0.4, 0.5) is 9.93 Å². The minimum atomic E-state index is -3.60. The van der Waals surface area contributed by atoms with Gasteiger partial charge in [0.2, 0.25) is 10.0 Å². The molecule has 0 radical (unpaired) electrons. The monoisotopic (exact) mass is 436 g/mol. The van der Waals surface area contributed by atoms with Gasteiger partial charge in [-0.1, -0.05) is 35.1 Å². The van der Waals surface area contributed by atoms with Gasteiger partial charge in [-0.3, -0.25) is 5.32 Å². The minimum absolute atomic E-state index is 0.198. The van der Waals surface area contributed by atoms with Crippen molar-refractivity contribution in [2.45, 2.75) is 4.90 Å². The molecule has 1 aliphatic rings. The van der Waals surface area contributed by atoms with Crippen molar-refractivity contribution in [2.24, 2.45) is 0 Å². The van der Waals surface area contributed by atoms with Crippen LogP contribution in [-0.2, 0) is 10.0 Å². The lowest BCUT2D eigenvalue weighted by Crippen LogP contribution is -2.51. The molecule has 1 fully saturated rings. The maximum Gasteiger partial charge on any atom is 0.323 e. The van der Waals surface area contributed by atoms with Gasteiger partial charge in [0, 0.05) is 31.2 Å². The van der Waals surface area contributed by atoms with E-state index in [-0.39, 0.29) is 24.0 Å². The van der Waals surface area contributed by atoms with E-state index in [2.05, 4.69) is 10.3 Å². The summed E-state index contributed by atoms with van der Waals surface area (Å²) in [4.78, 5) is 18.7. The minimum Gasteiger partial charge on any atom is -0.322 e. The van der Waals surface area contributed by atoms with Gasteiger partial charge in [0.15, 0.2) is 5.13 Å². The van der Waals surface area contributed by atoms with Crippen LogP contribution in [0.5, 0.6) is 0 Å². The predicted octanol–water partition coefficient (Wildman–Crippen LogP) is 3.49. The largest absolute Gasteiger partial charge is 0.323 e. The lowest BCUT2D eigenvalue weighted by Gasteiger charge is -2.33. The molecule has 4 rings (SSSR count). The number of carbonyl (C=O) groups is 1. The van der Waals surface area contributed by atoms with Crippen LogP contribution in [-0.4, -0.2) is 54.8 Å². The zero-order valence-corrected chi connectivity index (χ0v) is 17.1. The van der Waals surface area contributed by atoms with Gasteiger partial charge < -0.3 is 4.90 Å². The Morgan fingerprint density at radius 2 is 1.71 bits per heavy atom. The van der Waals surface area contributed by atoms with Crippen LogP contribution in [0.15, 0.2) is 53.4 Å². The first kappa shape index (κ1) is 19.1. The van der Waals surface area contributed by atoms with Crippen molar-refractivity contribution in [1.29, 1.82) is 0 Å². The molecule has 0 aliphatic carbocycles. The van der Waals surface area contributed by atoms with Crippen LogP contribution >= 0.6 is 22.9 Å². The van der Waals surface area contributed by atoms with Gasteiger partial charge in [-0.05, 0) is 36.4 Å². The quantitative estimate of drug-likeness (QED) is 0.681. The molecule has 0 atom stereocenters. The second kappa shape index (κ2) is 7.67. The summed E-state index contributed by atoms with van der Waals surface area (Å²) < 4.78 is 27.8. The fourth-order valence-electron chi connectivity index (χ4n) is 2.98. The lowest BCUT2D eigenvalue weighted by atomic mass is 10.3. The van der Waals surface area contributed by atoms with Gasteiger partial charge in [0.1, 0.15) is 0 Å². The maximum absolute atomic E-state index is 12.7. The first-order valence-corrected chi connectivity index (χ1v) is 11.2. The molecule has 0 unspecified atom stereocenters. The summed E-state index contributed by atoms with van der Waals surface area (Å²) in [7, 11) is -3.60. The fourth-order valence-corrected chi connectivity index (χ4v) is 5.39. The molecule has 1 saturated heterocycles. The Balaban J connectivity index is 1.39. The third-order valence-corrected chi connectivity index (χ3v) is 7.60. The molecule has 0 saturated carbocycles. The second-order valence-corrected chi connectivity index (χ2v) is 9.67. The number of thiazole rings is 1. The van der Waals surface area contributed by atoms with Gasteiger partial charge in [0.25, 0.3) is 0 Å². The summed E-state index contributed by atoms with van der Waals surface area (Å²) in [6, 6.07) is 13.5. The van der Waals surface area contributed by atoms with Crippen LogP contribution in [0, 0.1) is 0 Å². The van der Waals surface area contributed by atoms with Crippen molar-refractivity contribution in [2.75, 3.05) is 31.5 Å². The highest BCUT2D eigenvalue weighted by atomic mass is 35.5. The number of para-hydroxylation sites is 1. The van der Waals surface area contributed by atoms with Gasteiger partial charge in [-0.25, -0.2) is 18.2 Å². The first-order chi connectivity index (χ1) is 13.4. The third kappa shape index (κ3) is 3.83. The number of benzene rings is 2. The molecule has 146 valence electrons. The molecule has 10 heteroatoms. The Hall–Kier alpha value is -2.20. The molecule has 2 amide bonds. The van der Waals surface area contributed by atoms with Crippen molar-refractivity contribution in [3.8, 4) is 0 Å². The fraction of sp³-hybridized carbons (Fsp3) is 0.222. The first-order valence-electron chi connectivity index (χ1n) is 8.61. The van der Waals surface area contributed by atoms with Crippen molar-refractivity contribution in [3.05, 3.63) is 53.6 Å². The number of aromatic nitrogens is 1. The number of fused-ring (bicyclic) bond motifs is 1. The Morgan fingerprint density at radius 1 is 1.04 bits per heavy atom. The summed E-state index contributed by atoms with van der Waals surface area (Å²) in [5, 5.41) is 3.82. The number of rotatable bonds is 3. The van der Waals surface area contributed by atoms with E-state index >= 15 is 0 Å². The molecule has 2 aromatic carbocycles. The van der Waals surface area contributed by atoms with Crippen molar-refractivity contribution >= 4 is 54.3 Å². The van der Waals surface area contributed by atoms with E-state index in [0.717, 1.165) is 10.2 Å². The van der Waals surface area contributed by atoms with E-state index in [1.165, 1.54) is 27.8 Å². The zero-order valence-electron chi connectivity index (χ0n) is 14.7. The number of nitrogens with one attached hydrogen (secondary N) is 1. The molecule has 1 N–H and O–H groups in total. The molecular weight excluding hydrogens is 420 g/mol. The molecule has 28 heavy (non-hydrogen) atoms. The average Bonchev–Trinajstić information content (AvgIpc) is 3.10. The van der Waals surface area contributed by atoms with Crippen molar-refractivity contribution in [3.63, 3.8) is 0 Å². The molecule has 1 aromatic heterocycles. The van der Waals surface area contributed by atoms with E-state index in [9.17, 15) is 13.2 Å². The summed E-state index contributed by atoms with van der Waals surface area (Å²) in [5.74, 6) is 0. The number of anilines is 1. The smallest absolute Gasteiger partial charge is 0.322 e. The Bertz CT molecular complexity index is 1070. The molecule has 1 aliphatic heterocycles. The second-order valence-electron chi connectivity index (χ2n) is 6.26.